The van der Waals surface area contributed by atoms with Crippen LogP contribution in [0.4, 0.5) is 14.6 Å². The lowest BCUT2D eigenvalue weighted by Crippen LogP contribution is -2.30. The number of ether oxygens (including phenoxy) is 1. The van der Waals surface area contributed by atoms with Gasteiger partial charge in [-0.25, -0.2) is 8.78 Å². The van der Waals surface area contributed by atoms with Crippen molar-refractivity contribution in [3.05, 3.63) is 41.7 Å². The molecular weight excluding hydrogens is 270 g/mol. The van der Waals surface area contributed by atoms with Crippen LogP contribution in [0.15, 0.2) is 28.8 Å². The number of benzene rings is 1. The molecule has 0 aliphatic heterocycles. The molecule has 5 nitrogen and oxygen atoms in total. The first kappa shape index (κ1) is 14.0. The molecule has 1 amide bonds. The number of anilines is 1. The standard InChI is InChI=1S/C13H12F2N2O3/c1-7-5-12(17-20-7)16-13(18)8(2)19-9-3-4-10(14)11(15)6-9/h3-6,8H,1-2H3,(H,16,17,18). The van der Waals surface area contributed by atoms with Gasteiger partial charge < -0.3 is 14.6 Å². The fourth-order valence-corrected chi connectivity index (χ4v) is 1.46. The van der Waals surface area contributed by atoms with E-state index in [2.05, 4.69) is 10.5 Å². The zero-order valence-corrected chi connectivity index (χ0v) is 10.8. The van der Waals surface area contributed by atoms with Gasteiger partial charge in [-0.3, -0.25) is 4.79 Å². The SMILES string of the molecule is Cc1cc(NC(=O)C(C)Oc2ccc(F)c(F)c2)no1. The number of nitrogens with one attached hydrogen (secondary N) is 1. The molecule has 1 unspecified atom stereocenters. The number of carbonyl (C=O) groups excluding carboxylic acids is 1. The van der Waals surface area contributed by atoms with Crippen molar-refractivity contribution in [3.8, 4) is 5.75 Å². The summed E-state index contributed by atoms with van der Waals surface area (Å²) in [6.45, 7) is 3.16. The monoisotopic (exact) mass is 282 g/mol. The lowest BCUT2D eigenvalue weighted by molar-refractivity contribution is -0.122. The van der Waals surface area contributed by atoms with Gasteiger partial charge in [-0.1, -0.05) is 5.16 Å². The molecule has 20 heavy (non-hydrogen) atoms. The van der Waals surface area contributed by atoms with Gasteiger partial charge in [-0.15, -0.1) is 0 Å². The van der Waals surface area contributed by atoms with Crippen molar-refractivity contribution >= 4 is 11.7 Å². The molecule has 1 N–H and O–H groups in total. The Morgan fingerprint density at radius 1 is 1.35 bits per heavy atom. The molecular formula is C13H12F2N2O3. The number of carbonyl (C=O) groups is 1. The summed E-state index contributed by atoms with van der Waals surface area (Å²) in [5, 5.41) is 6.07. The van der Waals surface area contributed by atoms with Crippen LogP contribution in [0.3, 0.4) is 0 Å². The molecule has 0 spiro atoms. The Labute approximate surface area is 113 Å². The van der Waals surface area contributed by atoms with Crippen molar-refractivity contribution in [2.75, 3.05) is 5.32 Å². The largest absolute Gasteiger partial charge is 0.481 e. The smallest absolute Gasteiger partial charge is 0.266 e. The molecule has 7 heteroatoms. The summed E-state index contributed by atoms with van der Waals surface area (Å²) in [5.74, 6) is -1.64. The zero-order chi connectivity index (χ0) is 14.7. The van der Waals surface area contributed by atoms with Gasteiger partial charge in [0.1, 0.15) is 11.5 Å². The highest BCUT2D eigenvalue weighted by atomic mass is 19.2. The normalized spacial score (nSPS) is 12.0. The van der Waals surface area contributed by atoms with Gasteiger partial charge in [0.15, 0.2) is 23.6 Å². The summed E-state index contributed by atoms with van der Waals surface area (Å²) in [6, 6.07) is 4.58. The summed E-state index contributed by atoms with van der Waals surface area (Å²) in [6.07, 6.45) is -0.906. The van der Waals surface area contributed by atoms with Gasteiger partial charge >= 0.3 is 0 Å². The van der Waals surface area contributed by atoms with Crippen molar-refractivity contribution < 1.29 is 22.8 Å². The zero-order valence-electron chi connectivity index (χ0n) is 10.8. The average Bonchev–Trinajstić information content (AvgIpc) is 2.79. The first-order valence-electron chi connectivity index (χ1n) is 5.81. The molecule has 0 bridgehead atoms. The van der Waals surface area contributed by atoms with E-state index in [1.807, 2.05) is 0 Å². The number of aromatic nitrogens is 1. The maximum atomic E-state index is 13.0. The average molecular weight is 282 g/mol. The maximum absolute atomic E-state index is 13.0. The van der Waals surface area contributed by atoms with Crippen LogP contribution in [0.25, 0.3) is 0 Å². The molecule has 0 aliphatic carbocycles. The van der Waals surface area contributed by atoms with E-state index in [1.165, 1.54) is 13.0 Å². The van der Waals surface area contributed by atoms with E-state index in [9.17, 15) is 13.6 Å². The second kappa shape index (κ2) is 5.68. The number of aryl methyl sites for hydroxylation is 1. The lowest BCUT2D eigenvalue weighted by Gasteiger charge is -2.13. The molecule has 0 saturated heterocycles. The van der Waals surface area contributed by atoms with Crippen LogP contribution in [-0.2, 0) is 4.79 Å². The number of hydrogen-bond donors (Lipinski definition) is 1. The molecule has 2 rings (SSSR count). The van der Waals surface area contributed by atoms with Crippen LogP contribution < -0.4 is 10.1 Å². The molecule has 0 fully saturated rings. The molecule has 0 radical (unpaired) electrons. The number of rotatable bonds is 4. The van der Waals surface area contributed by atoms with Crippen molar-refractivity contribution in [2.24, 2.45) is 0 Å². The van der Waals surface area contributed by atoms with Crippen molar-refractivity contribution in [1.29, 1.82) is 0 Å². The van der Waals surface area contributed by atoms with Crippen LogP contribution in [-0.4, -0.2) is 17.2 Å². The summed E-state index contributed by atoms with van der Waals surface area (Å²) >= 11 is 0. The van der Waals surface area contributed by atoms with E-state index in [4.69, 9.17) is 9.26 Å². The van der Waals surface area contributed by atoms with E-state index < -0.39 is 23.6 Å². The number of halogens is 2. The van der Waals surface area contributed by atoms with Gasteiger partial charge in [-0.05, 0) is 26.0 Å². The van der Waals surface area contributed by atoms with Crippen molar-refractivity contribution in [2.45, 2.75) is 20.0 Å². The Morgan fingerprint density at radius 2 is 2.10 bits per heavy atom. The van der Waals surface area contributed by atoms with Crippen LogP contribution in [0.2, 0.25) is 0 Å². The van der Waals surface area contributed by atoms with E-state index >= 15 is 0 Å². The molecule has 1 aromatic heterocycles. The van der Waals surface area contributed by atoms with Gasteiger partial charge in [0.05, 0.1) is 0 Å². The Bertz CT molecular complexity index is 628. The Balaban J connectivity index is 1.98. The molecule has 106 valence electrons. The quantitative estimate of drug-likeness (QED) is 0.936. The molecule has 1 atom stereocenters. The summed E-state index contributed by atoms with van der Waals surface area (Å²) in [5.41, 5.74) is 0. The second-order valence-corrected chi connectivity index (χ2v) is 4.15. The molecule has 2 aromatic rings. The topological polar surface area (TPSA) is 64.4 Å². The highest BCUT2D eigenvalue weighted by Crippen LogP contribution is 2.17. The Kier molecular flexibility index (Phi) is 3.97. The van der Waals surface area contributed by atoms with Crippen LogP contribution in [0, 0.1) is 18.6 Å². The fourth-order valence-electron chi connectivity index (χ4n) is 1.46. The highest BCUT2D eigenvalue weighted by Gasteiger charge is 2.17. The predicted molar refractivity (Wildman–Crippen MR) is 66.3 cm³/mol. The van der Waals surface area contributed by atoms with Crippen molar-refractivity contribution in [1.82, 2.24) is 5.16 Å². The highest BCUT2D eigenvalue weighted by molar-refractivity contribution is 5.93. The Hall–Kier alpha value is -2.44. The lowest BCUT2D eigenvalue weighted by atomic mass is 10.3. The van der Waals surface area contributed by atoms with E-state index in [1.54, 1.807) is 13.0 Å². The maximum Gasteiger partial charge on any atom is 0.266 e. The predicted octanol–water partition coefficient (Wildman–Crippen LogP) is 2.67. The summed E-state index contributed by atoms with van der Waals surface area (Å²) in [4.78, 5) is 11.8. The third kappa shape index (κ3) is 3.31. The molecule has 1 aromatic carbocycles. The minimum absolute atomic E-state index is 0.0582. The number of amides is 1. The first-order chi connectivity index (χ1) is 9.45. The third-order valence-electron chi connectivity index (χ3n) is 2.45. The van der Waals surface area contributed by atoms with Crippen molar-refractivity contribution in [3.63, 3.8) is 0 Å². The van der Waals surface area contributed by atoms with Gasteiger partial charge in [0.2, 0.25) is 0 Å². The van der Waals surface area contributed by atoms with Crippen LogP contribution >= 0.6 is 0 Å². The summed E-state index contributed by atoms with van der Waals surface area (Å²) in [7, 11) is 0. The van der Waals surface area contributed by atoms with Crippen LogP contribution in [0.1, 0.15) is 12.7 Å². The Morgan fingerprint density at radius 3 is 2.70 bits per heavy atom. The van der Waals surface area contributed by atoms with Gasteiger partial charge in [-0.2, -0.15) is 0 Å². The number of nitrogens with zero attached hydrogens (tertiary/aromatic N) is 1. The second-order valence-electron chi connectivity index (χ2n) is 4.15. The molecule has 0 saturated carbocycles. The third-order valence-corrected chi connectivity index (χ3v) is 2.45. The minimum Gasteiger partial charge on any atom is -0.481 e. The minimum atomic E-state index is -1.04. The van der Waals surface area contributed by atoms with E-state index in [0.717, 1.165) is 12.1 Å². The molecule has 0 aliphatic rings. The fraction of sp³-hybridized carbons (Fsp3) is 0.231. The number of hydrogen-bond acceptors (Lipinski definition) is 4. The molecule has 1 heterocycles. The van der Waals surface area contributed by atoms with Gasteiger partial charge in [0.25, 0.3) is 5.91 Å². The van der Waals surface area contributed by atoms with E-state index in [0.29, 0.717) is 5.76 Å². The van der Waals surface area contributed by atoms with Crippen LogP contribution in [0.5, 0.6) is 5.75 Å². The van der Waals surface area contributed by atoms with E-state index in [-0.39, 0.29) is 11.6 Å². The first-order valence-corrected chi connectivity index (χ1v) is 5.81. The summed E-state index contributed by atoms with van der Waals surface area (Å²) < 4.78 is 35.8. The van der Waals surface area contributed by atoms with Gasteiger partial charge in [0, 0.05) is 12.1 Å².